The van der Waals surface area contributed by atoms with E-state index in [1.54, 1.807) is 4.68 Å². The van der Waals surface area contributed by atoms with Gasteiger partial charge in [0.25, 0.3) is 5.91 Å². The predicted molar refractivity (Wildman–Crippen MR) is 134 cm³/mol. The van der Waals surface area contributed by atoms with Gasteiger partial charge in [0.1, 0.15) is 0 Å². The maximum atomic E-state index is 13.8. The molecule has 2 aromatic carbocycles. The first-order chi connectivity index (χ1) is 16.5. The molecular formula is C26H26N6OS. The lowest BCUT2D eigenvalue weighted by atomic mass is 10.0. The second kappa shape index (κ2) is 9.38. The summed E-state index contributed by atoms with van der Waals surface area (Å²) in [7, 11) is 0. The van der Waals surface area contributed by atoms with E-state index < -0.39 is 0 Å². The molecule has 172 valence electrons. The molecule has 3 heterocycles. The van der Waals surface area contributed by atoms with Crippen molar-refractivity contribution in [2.24, 2.45) is 0 Å². The summed E-state index contributed by atoms with van der Waals surface area (Å²) in [5.74, 6) is 0.350. The Kier molecular flexibility index (Phi) is 6.15. The summed E-state index contributed by atoms with van der Waals surface area (Å²) in [6.07, 6.45) is 1.90. The van der Waals surface area contributed by atoms with E-state index in [1.165, 1.54) is 17.3 Å². The zero-order valence-electron chi connectivity index (χ0n) is 19.5. The van der Waals surface area contributed by atoms with Crippen LogP contribution < -0.4 is 4.90 Å². The Hall–Kier alpha value is -3.52. The lowest BCUT2D eigenvalue weighted by Crippen LogP contribution is -2.36. The molecule has 0 bridgehead atoms. The van der Waals surface area contributed by atoms with Crippen LogP contribution >= 0.6 is 11.8 Å². The quantitative estimate of drug-likeness (QED) is 0.306. The van der Waals surface area contributed by atoms with E-state index in [2.05, 4.69) is 26.3 Å². The molecule has 34 heavy (non-hydrogen) atoms. The molecule has 7 nitrogen and oxygen atoms in total. The standard InChI is InChI=1S/C26H26N6OS/c1-17-10-12-21(13-11-17)32-23(16-34-26-27-18(2)15-19(3)28-26)24(29-30-32)25(33)31-14-6-8-20-7-4-5-9-22(20)31/h4-5,7,9-13,15H,6,8,14,16H2,1-3H3. The van der Waals surface area contributed by atoms with Crippen LogP contribution in [0.3, 0.4) is 0 Å². The SMILES string of the molecule is Cc1ccc(-n2nnc(C(=O)N3CCCc4ccccc43)c2CSc2nc(C)cc(C)n2)cc1. The zero-order valence-corrected chi connectivity index (χ0v) is 20.3. The number of hydrogen-bond acceptors (Lipinski definition) is 6. The molecule has 5 rings (SSSR count). The minimum atomic E-state index is -0.123. The van der Waals surface area contributed by atoms with Crippen LogP contribution in [0.1, 0.15) is 45.1 Å². The summed E-state index contributed by atoms with van der Waals surface area (Å²) in [6.45, 7) is 6.63. The van der Waals surface area contributed by atoms with Crippen molar-refractivity contribution in [2.75, 3.05) is 11.4 Å². The van der Waals surface area contributed by atoms with Crippen LogP contribution in [-0.2, 0) is 12.2 Å². The van der Waals surface area contributed by atoms with Gasteiger partial charge in [-0.15, -0.1) is 5.10 Å². The summed E-state index contributed by atoms with van der Waals surface area (Å²) in [5.41, 5.74) is 7.12. The third-order valence-corrected chi connectivity index (χ3v) is 6.76. The molecule has 0 saturated heterocycles. The van der Waals surface area contributed by atoms with Crippen LogP contribution in [-0.4, -0.2) is 37.4 Å². The Labute approximate surface area is 203 Å². The number of hydrogen-bond donors (Lipinski definition) is 0. The van der Waals surface area contributed by atoms with E-state index in [4.69, 9.17) is 0 Å². The van der Waals surface area contributed by atoms with E-state index >= 15 is 0 Å². The Morgan fingerprint density at radius 1 is 1.00 bits per heavy atom. The predicted octanol–water partition coefficient (Wildman–Crippen LogP) is 4.87. The number of nitrogens with zero attached hydrogens (tertiary/aromatic N) is 6. The third kappa shape index (κ3) is 4.46. The van der Waals surface area contributed by atoms with Gasteiger partial charge in [-0.25, -0.2) is 14.6 Å². The molecule has 0 atom stereocenters. The number of aryl methyl sites for hydroxylation is 4. The van der Waals surface area contributed by atoms with E-state index in [1.807, 2.05) is 74.2 Å². The third-order valence-electron chi connectivity index (χ3n) is 5.90. The van der Waals surface area contributed by atoms with Gasteiger partial charge in [0.15, 0.2) is 10.9 Å². The van der Waals surface area contributed by atoms with Gasteiger partial charge < -0.3 is 4.90 Å². The highest BCUT2D eigenvalue weighted by Gasteiger charge is 2.29. The Morgan fingerprint density at radius 3 is 2.50 bits per heavy atom. The zero-order chi connectivity index (χ0) is 23.7. The number of rotatable bonds is 5. The topological polar surface area (TPSA) is 76.8 Å². The van der Waals surface area contributed by atoms with E-state index in [0.29, 0.717) is 23.1 Å². The van der Waals surface area contributed by atoms with Gasteiger partial charge in [-0.2, -0.15) is 0 Å². The Morgan fingerprint density at radius 2 is 1.74 bits per heavy atom. The van der Waals surface area contributed by atoms with Crippen molar-refractivity contribution < 1.29 is 4.79 Å². The first kappa shape index (κ1) is 22.3. The number of para-hydroxylation sites is 1. The fourth-order valence-corrected chi connectivity index (χ4v) is 5.20. The van der Waals surface area contributed by atoms with Crippen LogP contribution in [0.4, 0.5) is 5.69 Å². The van der Waals surface area contributed by atoms with Gasteiger partial charge in [0, 0.05) is 29.4 Å². The molecule has 1 amide bonds. The largest absolute Gasteiger partial charge is 0.307 e. The van der Waals surface area contributed by atoms with E-state index in [0.717, 1.165) is 46.9 Å². The summed E-state index contributed by atoms with van der Waals surface area (Å²) < 4.78 is 1.76. The molecule has 1 aliphatic heterocycles. The van der Waals surface area contributed by atoms with E-state index in [9.17, 15) is 4.79 Å². The number of carbonyl (C=O) groups is 1. The highest BCUT2D eigenvalue weighted by atomic mass is 32.2. The second-order valence-corrected chi connectivity index (χ2v) is 9.49. The smallest absolute Gasteiger partial charge is 0.280 e. The first-order valence-electron chi connectivity index (χ1n) is 11.4. The Bertz CT molecular complexity index is 1330. The monoisotopic (exact) mass is 470 g/mol. The molecule has 0 aliphatic carbocycles. The number of thioether (sulfide) groups is 1. The molecule has 1 aliphatic rings. The maximum Gasteiger partial charge on any atom is 0.280 e. The van der Waals surface area contributed by atoms with Crippen molar-refractivity contribution >= 4 is 23.4 Å². The van der Waals surface area contributed by atoms with Gasteiger partial charge >= 0.3 is 0 Å². The second-order valence-electron chi connectivity index (χ2n) is 8.54. The highest BCUT2D eigenvalue weighted by molar-refractivity contribution is 7.98. The van der Waals surface area contributed by atoms with Gasteiger partial charge in [0.2, 0.25) is 0 Å². The average molecular weight is 471 g/mol. The van der Waals surface area contributed by atoms with Crippen LogP contribution in [0.15, 0.2) is 59.8 Å². The normalized spacial score (nSPS) is 13.1. The highest BCUT2D eigenvalue weighted by Crippen LogP contribution is 2.30. The number of anilines is 1. The van der Waals surface area contributed by atoms with E-state index in [-0.39, 0.29) is 5.91 Å². The summed E-state index contributed by atoms with van der Waals surface area (Å²) >= 11 is 1.49. The minimum Gasteiger partial charge on any atom is -0.307 e. The summed E-state index contributed by atoms with van der Waals surface area (Å²) in [6, 6.07) is 18.1. The van der Waals surface area contributed by atoms with Crippen LogP contribution in [0.25, 0.3) is 5.69 Å². The van der Waals surface area contributed by atoms with Crippen LogP contribution in [0.2, 0.25) is 0 Å². The number of fused-ring (bicyclic) bond motifs is 1. The fourth-order valence-electron chi connectivity index (χ4n) is 4.25. The fraction of sp³-hybridized carbons (Fsp3) is 0.269. The van der Waals surface area contributed by atoms with Gasteiger partial charge in [-0.3, -0.25) is 4.79 Å². The maximum absolute atomic E-state index is 13.8. The molecule has 0 radical (unpaired) electrons. The van der Waals surface area contributed by atoms with Crippen molar-refractivity contribution in [2.45, 2.75) is 44.5 Å². The molecule has 0 saturated carbocycles. The number of amides is 1. The van der Waals surface area contributed by atoms with Gasteiger partial charge in [0.05, 0.1) is 11.4 Å². The van der Waals surface area contributed by atoms with Gasteiger partial charge in [-0.1, -0.05) is 52.9 Å². The molecule has 8 heteroatoms. The Balaban J connectivity index is 1.53. The van der Waals surface area contributed by atoms with Crippen molar-refractivity contribution in [1.29, 1.82) is 0 Å². The number of carbonyl (C=O) groups excluding carboxylic acids is 1. The van der Waals surface area contributed by atoms with Crippen molar-refractivity contribution in [3.8, 4) is 5.69 Å². The van der Waals surface area contributed by atoms with Crippen molar-refractivity contribution in [3.63, 3.8) is 0 Å². The molecule has 0 fully saturated rings. The van der Waals surface area contributed by atoms with Crippen molar-refractivity contribution in [1.82, 2.24) is 25.0 Å². The molecule has 0 N–H and O–H groups in total. The summed E-state index contributed by atoms with van der Waals surface area (Å²) in [5, 5.41) is 9.46. The minimum absolute atomic E-state index is 0.123. The lowest BCUT2D eigenvalue weighted by molar-refractivity contribution is 0.0979. The van der Waals surface area contributed by atoms with Crippen molar-refractivity contribution in [3.05, 3.63) is 88.5 Å². The number of benzene rings is 2. The van der Waals surface area contributed by atoms with Crippen LogP contribution in [0.5, 0.6) is 0 Å². The molecule has 0 unspecified atom stereocenters. The molecule has 0 spiro atoms. The lowest BCUT2D eigenvalue weighted by Gasteiger charge is -2.29. The molecule has 2 aromatic heterocycles. The summed E-state index contributed by atoms with van der Waals surface area (Å²) in [4.78, 5) is 24.7. The van der Waals surface area contributed by atoms with Gasteiger partial charge in [-0.05, 0) is 63.4 Å². The number of aromatic nitrogens is 5. The first-order valence-corrected chi connectivity index (χ1v) is 12.3. The molecule has 4 aromatic rings. The average Bonchev–Trinajstić information content (AvgIpc) is 3.25. The van der Waals surface area contributed by atoms with Crippen LogP contribution in [0, 0.1) is 20.8 Å². The molecular weight excluding hydrogens is 444 g/mol.